The first-order valence-corrected chi connectivity index (χ1v) is 10.3. The van der Waals surface area contributed by atoms with Gasteiger partial charge >= 0.3 is 0 Å². The third kappa shape index (κ3) is 5.82. The van der Waals surface area contributed by atoms with Crippen molar-refractivity contribution >= 4 is 5.57 Å². The number of hydrogen-bond acceptors (Lipinski definition) is 0. The van der Waals surface area contributed by atoms with E-state index >= 15 is 0 Å². The monoisotopic (exact) mass is 366 g/mol. The molecule has 142 valence electrons. The van der Waals surface area contributed by atoms with Gasteiger partial charge in [0.25, 0.3) is 0 Å². The van der Waals surface area contributed by atoms with Gasteiger partial charge < -0.3 is 0 Å². The minimum absolute atomic E-state index is 1.18. The maximum Gasteiger partial charge on any atom is -0.0184 e. The second-order valence-corrected chi connectivity index (χ2v) is 7.32. The van der Waals surface area contributed by atoms with Crippen LogP contribution >= 0.6 is 0 Å². The third-order valence-electron chi connectivity index (χ3n) is 4.98. The summed E-state index contributed by atoms with van der Waals surface area (Å²) < 4.78 is 0. The maximum absolute atomic E-state index is 2.33. The molecule has 0 nitrogen and oxygen atoms in total. The highest BCUT2D eigenvalue weighted by Gasteiger charge is 2.00. The molecule has 3 aromatic rings. The zero-order chi connectivity index (χ0) is 19.6. The standard InChI is InChI=1S/C15H18.C13H12/c1-2-6-13-9-11-15(12-10-13)14-7-4-3-5-8-14;1-11-7-9-13(10-8-11)12-5-3-2-4-6-12/h4,7-12H,2-3,5-6H2,1H3;2-10H,1H3. The molecular weight excluding hydrogens is 336 g/mol. The fraction of sp³-hybridized carbons (Fsp3) is 0.214. The summed E-state index contributed by atoms with van der Waals surface area (Å²) in [6.07, 6.45) is 11.6. The van der Waals surface area contributed by atoms with Crippen molar-refractivity contribution in [3.63, 3.8) is 0 Å². The molecule has 0 aliphatic heterocycles. The lowest BCUT2D eigenvalue weighted by Crippen LogP contribution is -1.87. The summed E-state index contributed by atoms with van der Waals surface area (Å²) in [7, 11) is 0. The lowest BCUT2D eigenvalue weighted by Gasteiger charge is -2.07. The largest absolute Gasteiger partial charge is 0.0836 e. The molecule has 1 aliphatic carbocycles. The zero-order valence-corrected chi connectivity index (χ0v) is 17.1. The maximum atomic E-state index is 2.33. The lowest BCUT2D eigenvalue weighted by atomic mass is 9.98. The Balaban J connectivity index is 0.000000162. The summed E-state index contributed by atoms with van der Waals surface area (Å²) in [6.45, 7) is 4.33. The van der Waals surface area contributed by atoms with Gasteiger partial charge in [-0.25, -0.2) is 0 Å². The van der Waals surface area contributed by atoms with E-state index in [2.05, 4.69) is 105 Å². The van der Waals surface area contributed by atoms with E-state index in [1.54, 1.807) is 0 Å². The number of rotatable bonds is 4. The zero-order valence-electron chi connectivity index (χ0n) is 17.1. The molecule has 0 unspecified atom stereocenters. The topological polar surface area (TPSA) is 0 Å². The lowest BCUT2D eigenvalue weighted by molar-refractivity contribution is 0.921. The van der Waals surface area contributed by atoms with Gasteiger partial charge in [0.15, 0.2) is 0 Å². The van der Waals surface area contributed by atoms with Gasteiger partial charge in [0.1, 0.15) is 0 Å². The normalized spacial score (nSPS) is 12.7. The van der Waals surface area contributed by atoms with Crippen molar-refractivity contribution in [3.05, 3.63) is 114 Å². The molecular formula is C28H30. The van der Waals surface area contributed by atoms with E-state index in [1.165, 1.54) is 59.1 Å². The van der Waals surface area contributed by atoms with Crippen LogP contribution in [0.2, 0.25) is 0 Å². The predicted octanol–water partition coefficient (Wildman–Crippen LogP) is 8.03. The minimum Gasteiger partial charge on any atom is -0.0836 e. The minimum atomic E-state index is 1.18. The Bertz CT molecular complexity index is 895. The molecule has 28 heavy (non-hydrogen) atoms. The fourth-order valence-electron chi connectivity index (χ4n) is 3.36. The van der Waals surface area contributed by atoms with Crippen LogP contribution in [0.4, 0.5) is 0 Å². The van der Waals surface area contributed by atoms with Crippen molar-refractivity contribution in [3.8, 4) is 11.1 Å². The Morgan fingerprint density at radius 3 is 1.93 bits per heavy atom. The Morgan fingerprint density at radius 2 is 1.32 bits per heavy atom. The number of benzene rings is 3. The van der Waals surface area contributed by atoms with Gasteiger partial charge in [-0.3, -0.25) is 0 Å². The Labute approximate surface area is 170 Å². The van der Waals surface area contributed by atoms with Crippen molar-refractivity contribution < 1.29 is 0 Å². The van der Waals surface area contributed by atoms with Crippen molar-refractivity contribution in [2.45, 2.75) is 39.5 Å². The molecule has 0 aromatic heterocycles. The van der Waals surface area contributed by atoms with Crippen LogP contribution in [-0.2, 0) is 6.42 Å². The van der Waals surface area contributed by atoms with Gasteiger partial charge in [0.05, 0.1) is 0 Å². The van der Waals surface area contributed by atoms with Gasteiger partial charge in [0, 0.05) is 0 Å². The molecule has 0 N–H and O–H groups in total. The first-order valence-electron chi connectivity index (χ1n) is 10.3. The summed E-state index contributed by atoms with van der Waals surface area (Å²) in [6, 6.07) is 28.0. The Hall–Kier alpha value is -2.86. The van der Waals surface area contributed by atoms with E-state index in [-0.39, 0.29) is 0 Å². The highest BCUT2D eigenvalue weighted by Crippen LogP contribution is 2.22. The average molecular weight is 367 g/mol. The highest BCUT2D eigenvalue weighted by atomic mass is 14.1. The van der Waals surface area contributed by atoms with E-state index in [9.17, 15) is 0 Å². The second kappa shape index (κ2) is 10.5. The molecule has 4 rings (SSSR count). The van der Waals surface area contributed by atoms with Crippen molar-refractivity contribution in [1.82, 2.24) is 0 Å². The molecule has 0 amide bonds. The van der Waals surface area contributed by atoms with Gasteiger partial charge in [-0.2, -0.15) is 0 Å². The number of aryl methyl sites for hydroxylation is 2. The summed E-state index contributed by atoms with van der Waals surface area (Å²) in [5.74, 6) is 0. The molecule has 0 heteroatoms. The van der Waals surface area contributed by atoms with Crippen molar-refractivity contribution in [2.24, 2.45) is 0 Å². The number of hydrogen-bond donors (Lipinski definition) is 0. The van der Waals surface area contributed by atoms with E-state index in [4.69, 9.17) is 0 Å². The molecule has 1 aliphatic rings. The van der Waals surface area contributed by atoms with Crippen molar-refractivity contribution in [2.75, 3.05) is 0 Å². The van der Waals surface area contributed by atoms with E-state index in [0.29, 0.717) is 0 Å². The van der Waals surface area contributed by atoms with Crippen molar-refractivity contribution in [1.29, 1.82) is 0 Å². The van der Waals surface area contributed by atoms with Crippen LogP contribution < -0.4 is 0 Å². The van der Waals surface area contributed by atoms with Crippen LogP contribution in [0, 0.1) is 6.92 Å². The van der Waals surface area contributed by atoms with Gasteiger partial charge in [-0.1, -0.05) is 116 Å². The Kier molecular flexibility index (Phi) is 7.44. The molecule has 0 heterocycles. The van der Waals surface area contributed by atoms with Crippen LogP contribution in [0.15, 0.2) is 97.1 Å². The molecule has 0 bridgehead atoms. The van der Waals surface area contributed by atoms with Crippen LogP contribution in [0.25, 0.3) is 16.7 Å². The summed E-state index contributed by atoms with van der Waals surface area (Å²) in [5.41, 5.74) is 8.05. The molecule has 0 spiro atoms. The van der Waals surface area contributed by atoms with Crippen LogP contribution in [0.1, 0.15) is 42.9 Å². The molecule has 0 saturated carbocycles. The molecule has 0 radical (unpaired) electrons. The first kappa shape index (κ1) is 19.9. The quantitative estimate of drug-likeness (QED) is 0.438. The SMILES string of the molecule is CCCc1ccc(C2=CCCC=C2)cc1.Cc1ccc(-c2ccccc2)cc1. The molecule has 0 saturated heterocycles. The number of allylic oxidation sites excluding steroid dienone is 4. The molecule has 0 fully saturated rings. The van der Waals surface area contributed by atoms with Gasteiger partial charge in [-0.15, -0.1) is 0 Å². The third-order valence-corrected chi connectivity index (χ3v) is 4.98. The summed E-state index contributed by atoms with van der Waals surface area (Å²) in [4.78, 5) is 0. The average Bonchev–Trinajstić information content (AvgIpc) is 2.77. The second-order valence-electron chi connectivity index (χ2n) is 7.32. The van der Waals surface area contributed by atoms with Gasteiger partial charge in [-0.05, 0) is 54.0 Å². The fourth-order valence-corrected chi connectivity index (χ4v) is 3.36. The molecule has 0 atom stereocenters. The van der Waals surface area contributed by atoms with Crippen LogP contribution in [0.3, 0.4) is 0 Å². The summed E-state index contributed by atoms with van der Waals surface area (Å²) >= 11 is 0. The van der Waals surface area contributed by atoms with E-state index < -0.39 is 0 Å². The first-order chi connectivity index (χ1) is 13.8. The predicted molar refractivity (Wildman–Crippen MR) is 123 cm³/mol. The van der Waals surface area contributed by atoms with Crippen LogP contribution in [-0.4, -0.2) is 0 Å². The highest BCUT2D eigenvalue weighted by molar-refractivity contribution is 5.74. The van der Waals surface area contributed by atoms with E-state index in [1.807, 2.05) is 6.07 Å². The van der Waals surface area contributed by atoms with Crippen LogP contribution in [0.5, 0.6) is 0 Å². The van der Waals surface area contributed by atoms with E-state index in [0.717, 1.165) is 0 Å². The molecule has 3 aromatic carbocycles. The summed E-state index contributed by atoms with van der Waals surface area (Å²) in [5, 5.41) is 0. The van der Waals surface area contributed by atoms with Gasteiger partial charge in [0.2, 0.25) is 0 Å². The Morgan fingerprint density at radius 1 is 0.679 bits per heavy atom. The smallest absolute Gasteiger partial charge is 0.0184 e.